The number of fused-ring (bicyclic) bond motifs is 1. The Labute approximate surface area is 227 Å². The molecule has 1 unspecified atom stereocenters. The van der Waals surface area contributed by atoms with Crippen LogP contribution in [-0.2, 0) is 0 Å². The molecule has 36 heavy (non-hydrogen) atoms. The van der Waals surface area contributed by atoms with Crippen LogP contribution in [0.1, 0.15) is 21.7 Å². The Balaban J connectivity index is 1.36. The van der Waals surface area contributed by atoms with Gasteiger partial charge in [-0.2, -0.15) is 0 Å². The molecule has 1 fully saturated rings. The molecule has 0 spiro atoms. The first-order valence-electron chi connectivity index (χ1n) is 11.6. The lowest BCUT2D eigenvalue weighted by Gasteiger charge is -2.38. The van der Waals surface area contributed by atoms with Crippen LogP contribution in [0.25, 0.3) is 10.1 Å². The van der Waals surface area contributed by atoms with E-state index in [9.17, 15) is 9.18 Å². The highest BCUT2D eigenvalue weighted by Crippen LogP contribution is 2.43. The summed E-state index contributed by atoms with van der Waals surface area (Å²) in [6.07, 6.45) is 0.685. The Kier molecular flexibility index (Phi) is 8.36. The number of nitrogens with zero attached hydrogens (tertiary/aromatic N) is 1. The van der Waals surface area contributed by atoms with Crippen molar-refractivity contribution in [2.45, 2.75) is 12.5 Å². The Bertz CT molecular complexity index is 1330. The zero-order valence-electron chi connectivity index (χ0n) is 19.3. The van der Waals surface area contributed by atoms with Crippen molar-refractivity contribution < 1.29 is 23.2 Å². The molecule has 186 valence electrons. The van der Waals surface area contributed by atoms with E-state index in [-0.39, 0.29) is 18.6 Å². The van der Waals surface area contributed by atoms with Gasteiger partial charge in [-0.1, -0.05) is 30.3 Å². The predicted molar refractivity (Wildman–Crippen MR) is 153 cm³/mol. The van der Waals surface area contributed by atoms with Gasteiger partial charge in [0.2, 0.25) is 5.78 Å². The van der Waals surface area contributed by atoms with E-state index in [0.29, 0.717) is 34.8 Å². The van der Waals surface area contributed by atoms with E-state index >= 15 is 0 Å². The molecule has 0 aliphatic carbocycles. The van der Waals surface area contributed by atoms with E-state index in [2.05, 4.69) is 26.9 Å². The normalized spacial score (nSPS) is 14.3. The first-order valence-corrected chi connectivity index (χ1v) is 16.4. The number of hydrogen-bond acceptors (Lipinski definition) is 6. The van der Waals surface area contributed by atoms with Crippen LogP contribution < -0.4 is 14.0 Å². The topological polar surface area (TPSA) is 48.0 Å². The number of ether oxygens (including phenoxy) is 2. The first kappa shape index (κ1) is 25.4. The predicted octanol–water partition coefficient (Wildman–Crippen LogP) is 7.67. The summed E-state index contributed by atoms with van der Waals surface area (Å²) < 4.78 is 31.3. The van der Waals surface area contributed by atoms with Gasteiger partial charge in [-0.3, -0.25) is 14.1 Å². The summed E-state index contributed by atoms with van der Waals surface area (Å²) in [6, 6.07) is 22.5. The van der Waals surface area contributed by atoms with Crippen LogP contribution in [0.3, 0.4) is 0 Å². The number of halogens is 2. The maximum Gasteiger partial charge on any atom is 0.206 e. The zero-order chi connectivity index (χ0) is 24.9. The smallest absolute Gasteiger partial charge is 0.206 e. The minimum atomic E-state index is -0.282. The zero-order valence-corrected chi connectivity index (χ0v) is 23.3. The molecule has 0 amide bonds. The monoisotopic (exact) mass is 635 g/mol. The molecule has 1 aromatic heterocycles. The molecule has 2 heterocycles. The number of rotatable bonds is 11. The molecule has 0 saturated carbocycles. The molecule has 1 aliphatic rings. The molecule has 5 rings (SSSR count). The summed E-state index contributed by atoms with van der Waals surface area (Å²) >= 11 is 3.59. The lowest BCUT2D eigenvalue weighted by atomic mass is 10.1. The molecule has 4 aromatic rings. The fraction of sp³-hybridized carbons (Fsp3) is 0.222. The average Bonchev–Trinajstić information content (AvgIpc) is 3.24. The number of thiophene rings is 1. The Morgan fingerprint density at radius 1 is 1.03 bits per heavy atom. The fourth-order valence-corrected chi connectivity index (χ4v) is 6.19. The largest absolute Gasteiger partial charge is 0.488 e. The van der Waals surface area contributed by atoms with Crippen molar-refractivity contribution in [3.8, 4) is 23.0 Å². The average molecular weight is 635 g/mol. The van der Waals surface area contributed by atoms with Gasteiger partial charge in [-0.15, -0.1) is 11.3 Å². The van der Waals surface area contributed by atoms with Gasteiger partial charge in [0.15, 0.2) is 5.75 Å². The summed E-state index contributed by atoms with van der Waals surface area (Å²) in [4.78, 5) is 16.1. The van der Waals surface area contributed by atoms with Crippen molar-refractivity contribution >= 4 is 55.7 Å². The van der Waals surface area contributed by atoms with Crippen molar-refractivity contribution in [1.82, 2.24) is 4.90 Å². The lowest BCUT2D eigenvalue weighted by Crippen LogP contribution is -2.53. The van der Waals surface area contributed by atoms with Gasteiger partial charge in [-0.25, -0.2) is 0 Å². The highest BCUT2D eigenvalue weighted by molar-refractivity contribution is 14.2. The number of hydrogen-bond donors (Lipinski definition) is 0. The fourth-order valence-electron chi connectivity index (χ4n) is 4.09. The molecule has 9 heteroatoms. The van der Waals surface area contributed by atoms with Crippen molar-refractivity contribution in [2.24, 2.45) is 0 Å². The van der Waals surface area contributed by atoms with Gasteiger partial charge in [0.25, 0.3) is 0 Å². The van der Waals surface area contributed by atoms with Gasteiger partial charge in [0.1, 0.15) is 34.7 Å². The van der Waals surface area contributed by atoms with Crippen LogP contribution in [0.15, 0.2) is 72.8 Å². The number of benzene rings is 3. The number of carbonyl (C=O) groups excluding carboxylic acids is 1. The maximum atomic E-state index is 13.4. The summed E-state index contributed by atoms with van der Waals surface area (Å²) in [6.45, 7) is 2.42. The molecule has 3 aromatic carbocycles. The SMILES string of the molecule is O=C(c1ccccc1)c1sc2cc(OPI)ccc2c1Oc1ccc(OC2CN(CCCF)C2)cc1. The van der Waals surface area contributed by atoms with Crippen molar-refractivity contribution in [3.05, 3.63) is 83.2 Å². The van der Waals surface area contributed by atoms with Crippen LogP contribution in [-0.4, -0.2) is 43.1 Å². The molecule has 1 aliphatic heterocycles. The highest BCUT2D eigenvalue weighted by Gasteiger charge is 2.28. The van der Waals surface area contributed by atoms with Gasteiger partial charge in [0.05, 0.1) is 6.67 Å². The molecule has 1 saturated heterocycles. The van der Waals surface area contributed by atoms with Gasteiger partial charge in [-0.05, 0) is 70.9 Å². The summed E-state index contributed by atoms with van der Waals surface area (Å²) in [5.74, 6) is 2.62. The van der Waals surface area contributed by atoms with E-state index < -0.39 is 0 Å². The van der Waals surface area contributed by atoms with Crippen LogP contribution in [0.2, 0.25) is 0 Å². The second-order valence-electron chi connectivity index (χ2n) is 8.41. The van der Waals surface area contributed by atoms with Gasteiger partial charge >= 0.3 is 0 Å². The Morgan fingerprint density at radius 3 is 2.47 bits per heavy atom. The maximum absolute atomic E-state index is 13.4. The second kappa shape index (κ2) is 11.9. The molecule has 0 radical (unpaired) electrons. The standard InChI is InChI=1S/C27H24FINO4PS/c28-13-4-14-30-16-22(17-30)32-19-7-9-20(10-8-19)33-26-23-12-11-21(34-35-29)15-24(23)36-27(26)25(31)18-5-2-1-3-6-18/h1-3,5-12,15,22,35H,4,13-14,16-17H2. The second-order valence-corrected chi connectivity index (χ2v) is 11.1. The van der Waals surface area contributed by atoms with E-state index in [0.717, 1.165) is 41.2 Å². The minimum Gasteiger partial charge on any atom is -0.488 e. The van der Waals surface area contributed by atoms with Gasteiger partial charge < -0.3 is 14.0 Å². The minimum absolute atomic E-state index is 0.0766. The Hall–Kier alpha value is -2.26. The molecular formula is C27H24FINO4PS. The number of carbonyl (C=O) groups is 1. The van der Waals surface area contributed by atoms with Crippen LogP contribution in [0.4, 0.5) is 4.39 Å². The van der Waals surface area contributed by atoms with Crippen molar-refractivity contribution in [1.29, 1.82) is 0 Å². The number of likely N-dealkylation sites (tertiary alicyclic amines) is 1. The lowest BCUT2D eigenvalue weighted by molar-refractivity contribution is 0.0184. The van der Waals surface area contributed by atoms with Crippen molar-refractivity contribution in [3.63, 3.8) is 0 Å². The molecule has 0 N–H and O–H groups in total. The van der Waals surface area contributed by atoms with E-state index in [1.54, 1.807) is 0 Å². The van der Waals surface area contributed by atoms with E-state index in [1.165, 1.54) is 11.3 Å². The van der Waals surface area contributed by atoms with Crippen LogP contribution in [0.5, 0.6) is 23.0 Å². The quantitative estimate of drug-likeness (QED) is 0.0963. The highest BCUT2D eigenvalue weighted by atomic mass is 127. The van der Waals surface area contributed by atoms with Crippen LogP contribution >= 0.6 is 39.8 Å². The van der Waals surface area contributed by atoms with Gasteiger partial charge in [0, 0.05) is 35.3 Å². The third-order valence-corrected chi connectivity index (χ3v) is 8.00. The van der Waals surface area contributed by atoms with E-state index in [1.807, 2.05) is 72.8 Å². The number of ketones is 1. The van der Waals surface area contributed by atoms with Crippen LogP contribution in [0, 0.1) is 0 Å². The molecular weight excluding hydrogens is 611 g/mol. The molecule has 5 nitrogen and oxygen atoms in total. The summed E-state index contributed by atoms with van der Waals surface area (Å²) in [5.41, 5.74) is 0.615. The van der Waals surface area contributed by atoms with Crippen molar-refractivity contribution in [2.75, 3.05) is 26.3 Å². The third kappa shape index (κ3) is 5.83. The summed E-state index contributed by atoms with van der Waals surface area (Å²) in [7, 11) is 0. The summed E-state index contributed by atoms with van der Waals surface area (Å²) in [5, 5.41) is 0.867. The number of alkyl halides is 1. The first-order chi connectivity index (χ1) is 17.6. The van der Waals surface area contributed by atoms with E-state index in [4.69, 9.17) is 14.0 Å². The molecule has 1 atom stereocenters. The third-order valence-electron chi connectivity index (χ3n) is 5.89. The molecule has 0 bridgehead atoms. The Morgan fingerprint density at radius 2 is 1.75 bits per heavy atom.